The van der Waals surface area contributed by atoms with E-state index in [9.17, 15) is 4.79 Å². The minimum Gasteiger partial charge on any atom is -0.461 e. The average Bonchev–Trinajstić information content (AvgIpc) is 3.28. The SMILES string of the molecule is C=Cc1ccc(C(CCC2=CC=CC3(C(CC)CC)CC23)C(=O)c2ccco2)cc1. The number of fused-ring (bicyclic) bond motifs is 1. The number of benzene rings is 1. The molecule has 156 valence electrons. The molecule has 4 rings (SSSR count). The molecule has 2 heteroatoms. The summed E-state index contributed by atoms with van der Waals surface area (Å²) in [6, 6.07) is 11.7. The van der Waals surface area contributed by atoms with Crippen molar-refractivity contribution in [1.29, 1.82) is 0 Å². The molecule has 1 aromatic carbocycles. The zero-order valence-corrected chi connectivity index (χ0v) is 18.1. The van der Waals surface area contributed by atoms with E-state index < -0.39 is 0 Å². The normalized spacial score (nSPS) is 23.0. The summed E-state index contributed by atoms with van der Waals surface area (Å²) in [4.78, 5) is 13.2. The summed E-state index contributed by atoms with van der Waals surface area (Å²) in [5.74, 6) is 1.75. The maximum atomic E-state index is 13.2. The van der Waals surface area contributed by atoms with Gasteiger partial charge in [0.2, 0.25) is 5.78 Å². The molecule has 2 nitrogen and oxygen atoms in total. The van der Waals surface area contributed by atoms with Crippen LogP contribution in [-0.2, 0) is 0 Å². The zero-order chi connectivity index (χ0) is 21.1. The van der Waals surface area contributed by atoms with Crippen molar-refractivity contribution >= 4 is 11.9 Å². The first-order valence-electron chi connectivity index (χ1n) is 11.3. The predicted octanol–water partition coefficient (Wildman–Crippen LogP) is 7.61. The first kappa shape index (κ1) is 20.7. The van der Waals surface area contributed by atoms with Crippen molar-refractivity contribution in [3.63, 3.8) is 0 Å². The standard InChI is InChI=1S/C28H32O2/c1-4-20-11-13-21(14-12-20)24(27(29)26-10-8-18-30-26)16-15-22-9-7-17-28(19-25(22)28)23(5-2)6-3/h4,7-14,17-18,23-25H,1,5-6,15-16,19H2,2-3H3. The van der Waals surface area contributed by atoms with Crippen LogP contribution in [-0.4, -0.2) is 5.78 Å². The predicted molar refractivity (Wildman–Crippen MR) is 123 cm³/mol. The number of ketones is 1. The van der Waals surface area contributed by atoms with Crippen LogP contribution in [0.15, 0.2) is 77.5 Å². The topological polar surface area (TPSA) is 30.2 Å². The molecule has 2 aliphatic carbocycles. The van der Waals surface area contributed by atoms with E-state index in [1.807, 2.05) is 18.2 Å². The van der Waals surface area contributed by atoms with Crippen molar-refractivity contribution in [3.8, 4) is 0 Å². The Morgan fingerprint density at radius 2 is 2.00 bits per heavy atom. The van der Waals surface area contributed by atoms with Gasteiger partial charge in [-0.05, 0) is 59.8 Å². The highest BCUT2D eigenvalue weighted by molar-refractivity contribution is 5.98. The van der Waals surface area contributed by atoms with Gasteiger partial charge in [-0.3, -0.25) is 4.79 Å². The summed E-state index contributed by atoms with van der Waals surface area (Å²) in [5, 5.41) is 0. The Kier molecular flexibility index (Phi) is 5.94. The third-order valence-electron chi connectivity index (χ3n) is 7.33. The van der Waals surface area contributed by atoms with E-state index in [-0.39, 0.29) is 11.7 Å². The molecule has 3 unspecified atom stereocenters. The van der Waals surface area contributed by atoms with Gasteiger partial charge in [0.15, 0.2) is 5.76 Å². The van der Waals surface area contributed by atoms with E-state index >= 15 is 0 Å². The molecule has 0 bridgehead atoms. The quantitative estimate of drug-likeness (QED) is 0.384. The lowest BCUT2D eigenvalue weighted by Crippen LogP contribution is -2.18. The number of Topliss-reactive ketones (excluding diaryl/α,β-unsaturated/α-hetero) is 1. The van der Waals surface area contributed by atoms with Crippen molar-refractivity contribution in [3.05, 3.63) is 89.9 Å². The van der Waals surface area contributed by atoms with Crippen LogP contribution >= 0.6 is 0 Å². The fourth-order valence-electron chi connectivity index (χ4n) is 5.53. The van der Waals surface area contributed by atoms with Crippen molar-refractivity contribution in [2.75, 3.05) is 0 Å². The second-order valence-electron chi connectivity index (χ2n) is 8.79. The summed E-state index contributed by atoms with van der Waals surface area (Å²) < 4.78 is 5.45. The molecule has 0 aliphatic heterocycles. The molecule has 1 fully saturated rings. The van der Waals surface area contributed by atoms with Crippen LogP contribution in [0.3, 0.4) is 0 Å². The van der Waals surface area contributed by atoms with E-state index in [4.69, 9.17) is 4.42 Å². The van der Waals surface area contributed by atoms with Crippen molar-refractivity contribution in [1.82, 2.24) is 0 Å². The Bertz CT molecular complexity index is 941. The minimum atomic E-state index is -0.192. The number of allylic oxidation sites excluding steroid dienone is 4. The molecule has 30 heavy (non-hydrogen) atoms. The van der Waals surface area contributed by atoms with Gasteiger partial charge in [-0.15, -0.1) is 0 Å². The van der Waals surface area contributed by atoms with Crippen molar-refractivity contribution in [2.45, 2.75) is 51.9 Å². The number of carbonyl (C=O) groups excluding carboxylic acids is 1. The summed E-state index contributed by atoms with van der Waals surface area (Å²) >= 11 is 0. The van der Waals surface area contributed by atoms with Gasteiger partial charge in [0.05, 0.1) is 12.2 Å². The van der Waals surface area contributed by atoms with Crippen molar-refractivity contribution in [2.24, 2.45) is 17.3 Å². The first-order chi connectivity index (χ1) is 14.6. The van der Waals surface area contributed by atoms with Crippen LogP contribution in [0.2, 0.25) is 0 Å². The van der Waals surface area contributed by atoms with Gasteiger partial charge >= 0.3 is 0 Å². The molecule has 3 atom stereocenters. The van der Waals surface area contributed by atoms with Crippen LogP contribution in [0.25, 0.3) is 6.08 Å². The third-order valence-corrected chi connectivity index (χ3v) is 7.33. The van der Waals surface area contributed by atoms with Gasteiger partial charge in [-0.25, -0.2) is 0 Å². The van der Waals surface area contributed by atoms with E-state index in [1.165, 1.54) is 24.8 Å². The Morgan fingerprint density at radius 1 is 1.23 bits per heavy atom. The summed E-state index contributed by atoms with van der Waals surface area (Å²) in [6.07, 6.45) is 15.9. The van der Waals surface area contributed by atoms with Crippen LogP contribution in [0, 0.1) is 17.3 Å². The highest BCUT2D eigenvalue weighted by Gasteiger charge is 2.57. The number of hydrogen-bond donors (Lipinski definition) is 0. The van der Waals surface area contributed by atoms with E-state index in [2.05, 4.69) is 50.8 Å². The van der Waals surface area contributed by atoms with E-state index in [0.29, 0.717) is 17.1 Å². The number of carbonyl (C=O) groups is 1. The van der Waals surface area contributed by atoms with Crippen LogP contribution < -0.4 is 0 Å². The largest absolute Gasteiger partial charge is 0.461 e. The molecular formula is C28H32O2. The lowest BCUT2D eigenvalue weighted by molar-refractivity contribution is 0.0927. The van der Waals surface area contributed by atoms with Gasteiger partial charge in [-0.2, -0.15) is 0 Å². The Morgan fingerprint density at radius 3 is 2.63 bits per heavy atom. The fourth-order valence-corrected chi connectivity index (χ4v) is 5.53. The average molecular weight is 401 g/mol. The lowest BCUT2D eigenvalue weighted by Gasteiger charge is -2.27. The van der Waals surface area contributed by atoms with Crippen LogP contribution in [0.5, 0.6) is 0 Å². The number of furan rings is 1. The lowest BCUT2D eigenvalue weighted by atomic mass is 9.78. The van der Waals surface area contributed by atoms with Gasteiger partial charge in [0.25, 0.3) is 0 Å². The minimum absolute atomic E-state index is 0.0698. The molecule has 1 aromatic heterocycles. The number of hydrogen-bond acceptors (Lipinski definition) is 2. The van der Waals surface area contributed by atoms with E-state index in [0.717, 1.165) is 29.9 Å². The molecule has 0 radical (unpaired) electrons. The third kappa shape index (κ3) is 3.76. The molecular weight excluding hydrogens is 368 g/mol. The van der Waals surface area contributed by atoms with Crippen LogP contribution in [0.1, 0.15) is 73.6 Å². The highest BCUT2D eigenvalue weighted by Crippen LogP contribution is 2.65. The maximum absolute atomic E-state index is 13.2. The first-order valence-corrected chi connectivity index (χ1v) is 11.3. The van der Waals surface area contributed by atoms with Gasteiger partial charge in [-0.1, -0.05) is 87.4 Å². The molecule has 2 aliphatic rings. The summed E-state index contributed by atoms with van der Waals surface area (Å²) in [7, 11) is 0. The second-order valence-corrected chi connectivity index (χ2v) is 8.79. The highest BCUT2D eigenvalue weighted by atomic mass is 16.3. The molecule has 0 amide bonds. The fraction of sp³-hybridized carbons (Fsp3) is 0.393. The smallest absolute Gasteiger partial charge is 0.205 e. The monoisotopic (exact) mass is 400 g/mol. The molecule has 0 N–H and O–H groups in total. The number of rotatable bonds is 10. The van der Waals surface area contributed by atoms with Crippen molar-refractivity contribution < 1.29 is 9.21 Å². The van der Waals surface area contributed by atoms with Gasteiger partial charge in [0.1, 0.15) is 0 Å². The molecule has 0 saturated heterocycles. The molecule has 1 saturated carbocycles. The molecule has 1 heterocycles. The second kappa shape index (κ2) is 8.63. The summed E-state index contributed by atoms with van der Waals surface area (Å²) in [6.45, 7) is 8.46. The van der Waals surface area contributed by atoms with Gasteiger partial charge < -0.3 is 4.42 Å². The zero-order valence-electron chi connectivity index (χ0n) is 18.1. The molecule has 2 aromatic rings. The maximum Gasteiger partial charge on any atom is 0.205 e. The Balaban J connectivity index is 1.53. The van der Waals surface area contributed by atoms with E-state index in [1.54, 1.807) is 18.4 Å². The summed E-state index contributed by atoms with van der Waals surface area (Å²) in [5.41, 5.74) is 4.01. The Hall–Kier alpha value is -2.61. The Labute approximate surface area is 180 Å². The van der Waals surface area contributed by atoms with Gasteiger partial charge in [0, 0.05) is 0 Å². The molecule has 0 spiro atoms. The van der Waals surface area contributed by atoms with Crippen LogP contribution in [0.4, 0.5) is 0 Å².